The van der Waals surface area contributed by atoms with E-state index in [4.69, 9.17) is 0 Å². The number of fused-ring (bicyclic) bond motifs is 1. The Kier molecular flexibility index (Phi) is 6.25. The molecule has 2 bridgehead atoms. The SMILES string of the molecule is O=C(O)C1C2c3ccccc3C(c3cc(-c4cccc([SH](c5ccccc5)c5ccccc5)c4)ccc32)C1C(=O)O. The van der Waals surface area contributed by atoms with Gasteiger partial charge < -0.3 is 10.2 Å². The number of hydrogen-bond donors (Lipinski definition) is 3. The van der Waals surface area contributed by atoms with Crippen LogP contribution in [0.5, 0.6) is 0 Å². The van der Waals surface area contributed by atoms with Crippen molar-refractivity contribution in [2.75, 3.05) is 0 Å². The smallest absolute Gasteiger partial charge is 0.308 e. The number of thiol groups is 1. The zero-order valence-corrected chi connectivity index (χ0v) is 23.0. The molecule has 4 unspecified atom stereocenters. The average molecular weight is 557 g/mol. The Balaban J connectivity index is 1.36. The number of benzene rings is 5. The summed E-state index contributed by atoms with van der Waals surface area (Å²) in [6.07, 6.45) is 0. The zero-order chi connectivity index (χ0) is 28.1. The first-order chi connectivity index (χ1) is 20.0. The van der Waals surface area contributed by atoms with Crippen molar-refractivity contribution in [3.8, 4) is 11.1 Å². The van der Waals surface area contributed by atoms with Crippen molar-refractivity contribution in [3.63, 3.8) is 0 Å². The highest BCUT2D eigenvalue weighted by Gasteiger charge is 2.55. The molecular weight excluding hydrogens is 528 g/mol. The van der Waals surface area contributed by atoms with Crippen LogP contribution in [0.25, 0.3) is 11.1 Å². The predicted molar refractivity (Wildman–Crippen MR) is 161 cm³/mol. The van der Waals surface area contributed by atoms with E-state index in [0.717, 1.165) is 33.4 Å². The Bertz CT molecular complexity index is 1740. The number of carboxylic acid groups (broad SMARTS) is 2. The summed E-state index contributed by atoms with van der Waals surface area (Å²) in [6, 6.07) is 43.7. The minimum atomic E-state index is -1.06. The quantitative estimate of drug-likeness (QED) is 0.186. The molecule has 0 saturated heterocycles. The van der Waals surface area contributed by atoms with Crippen molar-refractivity contribution < 1.29 is 19.8 Å². The molecule has 5 heteroatoms. The van der Waals surface area contributed by atoms with Crippen LogP contribution in [-0.4, -0.2) is 22.2 Å². The number of rotatable bonds is 6. The summed E-state index contributed by atoms with van der Waals surface area (Å²) in [6.45, 7) is 0. The minimum Gasteiger partial charge on any atom is -0.481 e. The monoisotopic (exact) mass is 556 g/mol. The molecule has 202 valence electrons. The maximum atomic E-state index is 12.6. The normalized spacial score (nSPS) is 20.5. The lowest BCUT2D eigenvalue weighted by Crippen LogP contribution is -2.46. The molecule has 3 aliphatic carbocycles. The summed E-state index contributed by atoms with van der Waals surface area (Å²) < 4.78 is 0. The second kappa shape index (κ2) is 10.1. The summed E-state index contributed by atoms with van der Waals surface area (Å²) in [5.74, 6) is -5.15. The molecule has 2 N–H and O–H groups in total. The highest BCUT2D eigenvalue weighted by atomic mass is 32.2. The second-order valence-corrected chi connectivity index (χ2v) is 12.9. The third-order valence-electron chi connectivity index (χ3n) is 8.56. The van der Waals surface area contributed by atoms with E-state index in [2.05, 4.69) is 84.9 Å². The number of carboxylic acids is 2. The lowest BCUT2D eigenvalue weighted by Gasteiger charge is -2.47. The minimum absolute atomic E-state index is 0.491. The van der Waals surface area contributed by atoms with E-state index in [9.17, 15) is 19.8 Å². The molecule has 3 aliphatic rings. The van der Waals surface area contributed by atoms with E-state index in [0.29, 0.717) is 0 Å². The first-order valence-corrected chi connectivity index (χ1v) is 15.1. The zero-order valence-electron chi connectivity index (χ0n) is 22.1. The lowest BCUT2D eigenvalue weighted by molar-refractivity contribution is -0.156. The number of aliphatic carboxylic acids is 2. The van der Waals surface area contributed by atoms with E-state index in [1.165, 1.54) is 14.7 Å². The molecule has 0 spiro atoms. The van der Waals surface area contributed by atoms with Crippen LogP contribution < -0.4 is 0 Å². The summed E-state index contributed by atoms with van der Waals surface area (Å²) in [7, 11) is -0.774. The third kappa shape index (κ3) is 4.16. The first-order valence-electron chi connectivity index (χ1n) is 13.7. The van der Waals surface area contributed by atoms with E-state index in [1.807, 2.05) is 42.5 Å². The van der Waals surface area contributed by atoms with Crippen molar-refractivity contribution in [3.05, 3.63) is 150 Å². The Labute approximate surface area is 241 Å². The highest BCUT2D eigenvalue weighted by Crippen LogP contribution is 2.59. The van der Waals surface area contributed by atoms with Crippen LogP contribution in [0, 0.1) is 11.8 Å². The van der Waals surface area contributed by atoms with Crippen molar-refractivity contribution >= 4 is 22.8 Å². The fraction of sp³-hybridized carbons (Fsp3) is 0.111. The van der Waals surface area contributed by atoms with Crippen LogP contribution in [-0.2, 0) is 9.59 Å². The standard InChI is InChI=1S/C36H28O4S/c37-35(38)33-31-27-16-7-8-17-28(27)32(34(33)36(39)40)30-21-23(18-19-29(30)31)22-10-9-15-26(20-22)41(24-11-3-1-4-12-24)25-13-5-2-6-14-25/h1-21,31-34,41H,(H,37,38)(H,39,40). The molecule has 4 atom stereocenters. The van der Waals surface area contributed by atoms with Crippen LogP contribution in [0.1, 0.15) is 34.1 Å². The van der Waals surface area contributed by atoms with E-state index in [-0.39, 0.29) is 0 Å². The molecule has 8 rings (SSSR count). The summed E-state index contributed by atoms with van der Waals surface area (Å²) in [5, 5.41) is 20.4. The molecule has 4 nitrogen and oxygen atoms in total. The van der Waals surface area contributed by atoms with Gasteiger partial charge in [0.25, 0.3) is 0 Å². The van der Waals surface area contributed by atoms with Gasteiger partial charge in [-0.2, -0.15) is 10.9 Å². The van der Waals surface area contributed by atoms with Gasteiger partial charge in [0.1, 0.15) is 0 Å². The third-order valence-corrected chi connectivity index (χ3v) is 11.0. The molecule has 5 aromatic rings. The topological polar surface area (TPSA) is 74.6 Å². The van der Waals surface area contributed by atoms with Gasteiger partial charge in [-0.1, -0.05) is 91.0 Å². The van der Waals surface area contributed by atoms with Gasteiger partial charge in [-0.3, -0.25) is 9.59 Å². The van der Waals surface area contributed by atoms with Crippen molar-refractivity contribution in [1.29, 1.82) is 0 Å². The number of carbonyl (C=O) groups is 2. The van der Waals surface area contributed by atoms with Crippen LogP contribution in [0.3, 0.4) is 0 Å². The molecule has 0 heterocycles. The van der Waals surface area contributed by atoms with Gasteiger partial charge in [-0.15, -0.1) is 0 Å². The maximum absolute atomic E-state index is 12.6. The molecule has 0 saturated carbocycles. The summed E-state index contributed by atoms with van der Waals surface area (Å²) in [4.78, 5) is 28.8. The molecule has 0 aliphatic heterocycles. The number of hydrogen-bond acceptors (Lipinski definition) is 2. The summed E-state index contributed by atoms with van der Waals surface area (Å²) >= 11 is 0. The van der Waals surface area contributed by atoms with Crippen molar-refractivity contribution in [1.82, 2.24) is 0 Å². The van der Waals surface area contributed by atoms with Gasteiger partial charge in [-0.05, 0) is 84.5 Å². The lowest BCUT2D eigenvalue weighted by atomic mass is 9.54. The fourth-order valence-corrected chi connectivity index (χ4v) is 9.26. The average Bonchev–Trinajstić information content (AvgIpc) is 3.01. The van der Waals surface area contributed by atoms with Gasteiger partial charge in [0.05, 0.1) is 11.8 Å². The Morgan fingerprint density at radius 2 is 0.927 bits per heavy atom. The molecule has 0 fully saturated rings. The summed E-state index contributed by atoms with van der Waals surface area (Å²) in [5.41, 5.74) is 5.77. The van der Waals surface area contributed by atoms with E-state index >= 15 is 0 Å². The molecule has 41 heavy (non-hydrogen) atoms. The molecular formula is C36H28O4S. The predicted octanol–water partition coefficient (Wildman–Crippen LogP) is 7.82. The van der Waals surface area contributed by atoms with Gasteiger partial charge in [0, 0.05) is 11.8 Å². The molecule has 0 amide bonds. The first kappa shape index (κ1) is 25.4. The van der Waals surface area contributed by atoms with Gasteiger partial charge >= 0.3 is 11.9 Å². The Morgan fingerprint density at radius 3 is 1.49 bits per heavy atom. The molecule has 0 radical (unpaired) electrons. The van der Waals surface area contributed by atoms with Crippen molar-refractivity contribution in [2.45, 2.75) is 26.5 Å². The fourth-order valence-electron chi connectivity index (χ4n) is 6.93. The molecule has 5 aromatic carbocycles. The second-order valence-electron chi connectivity index (χ2n) is 10.7. The van der Waals surface area contributed by atoms with Gasteiger partial charge in [0.2, 0.25) is 0 Å². The van der Waals surface area contributed by atoms with Crippen LogP contribution in [0.4, 0.5) is 0 Å². The van der Waals surface area contributed by atoms with Gasteiger partial charge in [0.15, 0.2) is 0 Å². The van der Waals surface area contributed by atoms with Crippen LogP contribution >= 0.6 is 10.9 Å². The van der Waals surface area contributed by atoms with E-state index in [1.54, 1.807) is 0 Å². The largest absolute Gasteiger partial charge is 0.481 e. The Hall–Kier alpha value is -4.61. The Morgan fingerprint density at radius 1 is 0.463 bits per heavy atom. The molecule has 0 aromatic heterocycles. The van der Waals surface area contributed by atoms with Crippen LogP contribution in [0.2, 0.25) is 0 Å². The van der Waals surface area contributed by atoms with Crippen LogP contribution in [0.15, 0.2) is 142 Å². The van der Waals surface area contributed by atoms with Crippen molar-refractivity contribution in [2.24, 2.45) is 11.8 Å². The highest BCUT2D eigenvalue weighted by molar-refractivity contribution is 8.17. The maximum Gasteiger partial charge on any atom is 0.308 e. The van der Waals surface area contributed by atoms with E-state index < -0.39 is 46.5 Å². The van der Waals surface area contributed by atoms with Gasteiger partial charge in [-0.25, -0.2) is 0 Å².